The molecule has 0 spiro atoms. The second-order valence-electron chi connectivity index (χ2n) is 4.81. The minimum Gasteiger partial charge on any atom is -0.337 e. The van der Waals surface area contributed by atoms with Gasteiger partial charge in [-0.3, -0.25) is 4.79 Å². The first-order chi connectivity index (χ1) is 9.11. The Labute approximate surface area is 135 Å². The highest BCUT2D eigenvalue weighted by Crippen LogP contribution is 2.23. The van der Waals surface area contributed by atoms with Crippen LogP contribution in [0, 0.1) is 0 Å². The van der Waals surface area contributed by atoms with Crippen LogP contribution in [0.25, 0.3) is 0 Å². The molecule has 6 heteroatoms. The molecule has 20 heavy (non-hydrogen) atoms. The largest absolute Gasteiger partial charge is 0.337 e. The number of carbonyl (C=O) groups excluding carboxylic acids is 1. The molecule has 0 saturated heterocycles. The van der Waals surface area contributed by atoms with E-state index in [4.69, 9.17) is 17.3 Å². The number of hydrogen-bond donors (Lipinski definition) is 1. The summed E-state index contributed by atoms with van der Waals surface area (Å²) >= 11 is 7.72. The average molecular weight is 335 g/mol. The van der Waals surface area contributed by atoms with E-state index in [9.17, 15) is 4.79 Å². The highest BCUT2D eigenvalue weighted by Gasteiger charge is 2.24. The zero-order valence-corrected chi connectivity index (χ0v) is 13.9. The van der Waals surface area contributed by atoms with Crippen LogP contribution in [0.4, 0.5) is 0 Å². The monoisotopic (exact) mass is 334 g/mol. The van der Waals surface area contributed by atoms with Gasteiger partial charge in [-0.25, -0.2) is 0 Å². The zero-order chi connectivity index (χ0) is 13.8. The van der Waals surface area contributed by atoms with E-state index in [0.717, 1.165) is 35.7 Å². The number of benzene rings is 1. The fourth-order valence-corrected chi connectivity index (χ4v) is 3.00. The summed E-state index contributed by atoms with van der Waals surface area (Å²) in [6, 6.07) is 5.52. The van der Waals surface area contributed by atoms with Crippen LogP contribution in [0.2, 0.25) is 5.02 Å². The van der Waals surface area contributed by atoms with Gasteiger partial charge in [0.1, 0.15) is 0 Å². The number of carbonyl (C=O) groups is 1. The van der Waals surface area contributed by atoms with Crippen molar-refractivity contribution in [1.29, 1.82) is 0 Å². The first-order valence-corrected chi connectivity index (χ1v) is 8.19. The smallest absolute Gasteiger partial charge is 0.239 e. The van der Waals surface area contributed by atoms with Crippen LogP contribution in [0.3, 0.4) is 0 Å². The second-order valence-corrected chi connectivity index (χ2v) is 6.23. The first kappa shape index (κ1) is 17.6. The number of thioether (sulfide) groups is 1. The van der Waals surface area contributed by atoms with E-state index in [1.165, 1.54) is 5.56 Å². The normalized spacial score (nSPS) is 15.2. The maximum absolute atomic E-state index is 12.3. The molecule has 1 aliphatic rings. The van der Waals surface area contributed by atoms with Crippen molar-refractivity contribution in [3.05, 3.63) is 34.3 Å². The van der Waals surface area contributed by atoms with Gasteiger partial charge in [0.2, 0.25) is 5.91 Å². The first-order valence-electron chi connectivity index (χ1n) is 6.42. The van der Waals surface area contributed by atoms with Crippen molar-refractivity contribution in [3.63, 3.8) is 0 Å². The van der Waals surface area contributed by atoms with Gasteiger partial charge in [0, 0.05) is 18.1 Å². The van der Waals surface area contributed by atoms with Crippen molar-refractivity contribution < 1.29 is 4.79 Å². The molecule has 1 aromatic rings. The Balaban J connectivity index is 0.00000200. The average Bonchev–Trinajstić information content (AvgIpc) is 2.43. The lowest BCUT2D eigenvalue weighted by Crippen LogP contribution is -2.46. The van der Waals surface area contributed by atoms with Crippen molar-refractivity contribution in [2.45, 2.75) is 25.4 Å². The molecule has 1 atom stereocenters. The predicted octanol–water partition coefficient (Wildman–Crippen LogP) is 2.73. The summed E-state index contributed by atoms with van der Waals surface area (Å²) in [6.45, 7) is 1.38. The summed E-state index contributed by atoms with van der Waals surface area (Å²) in [7, 11) is 0. The molecule has 1 aromatic carbocycles. The Morgan fingerprint density at radius 1 is 1.50 bits per heavy atom. The molecule has 112 valence electrons. The van der Waals surface area contributed by atoms with Gasteiger partial charge >= 0.3 is 0 Å². The van der Waals surface area contributed by atoms with E-state index in [0.29, 0.717) is 6.54 Å². The lowest BCUT2D eigenvalue weighted by molar-refractivity contribution is -0.133. The van der Waals surface area contributed by atoms with E-state index in [2.05, 4.69) is 0 Å². The summed E-state index contributed by atoms with van der Waals surface area (Å²) in [4.78, 5) is 14.1. The van der Waals surface area contributed by atoms with Gasteiger partial charge in [-0.05, 0) is 48.1 Å². The van der Waals surface area contributed by atoms with Gasteiger partial charge in [0.05, 0.1) is 6.04 Å². The summed E-state index contributed by atoms with van der Waals surface area (Å²) < 4.78 is 0. The maximum Gasteiger partial charge on any atom is 0.239 e. The van der Waals surface area contributed by atoms with Crippen LogP contribution in [0.1, 0.15) is 17.5 Å². The van der Waals surface area contributed by atoms with E-state index < -0.39 is 0 Å². The minimum absolute atomic E-state index is 0. The molecule has 0 aromatic heterocycles. The fraction of sp³-hybridized carbons (Fsp3) is 0.500. The molecule has 0 aliphatic carbocycles. The van der Waals surface area contributed by atoms with Gasteiger partial charge in [0.15, 0.2) is 0 Å². The van der Waals surface area contributed by atoms with Crippen LogP contribution in [-0.4, -0.2) is 35.4 Å². The second kappa shape index (κ2) is 8.13. The SMILES string of the molecule is CSCCC(N)C(=O)N1CCc2ccc(Cl)cc2C1.Cl. The van der Waals surface area contributed by atoms with Crippen molar-refractivity contribution in [3.8, 4) is 0 Å². The summed E-state index contributed by atoms with van der Waals surface area (Å²) in [5.41, 5.74) is 8.38. The van der Waals surface area contributed by atoms with Crippen molar-refractivity contribution in [2.75, 3.05) is 18.6 Å². The number of nitrogens with zero attached hydrogens (tertiary/aromatic N) is 1. The Morgan fingerprint density at radius 2 is 2.25 bits per heavy atom. The molecule has 1 unspecified atom stereocenters. The third kappa shape index (κ3) is 4.29. The molecule has 2 rings (SSSR count). The molecule has 3 nitrogen and oxygen atoms in total. The van der Waals surface area contributed by atoms with Crippen molar-refractivity contribution in [1.82, 2.24) is 4.90 Å². The zero-order valence-electron chi connectivity index (χ0n) is 11.5. The minimum atomic E-state index is -0.381. The van der Waals surface area contributed by atoms with Crippen molar-refractivity contribution in [2.24, 2.45) is 5.73 Å². The third-order valence-electron chi connectivity index (χ3n) is 3.44. The number of nitrogens with two attached hydrogens (primary N) is 1. The number of hydrogen-bond acceptors (Lipinski definition) is 3. The summed E-state index contributed by atoms with van der Waals surface area (Å²) in [5.74, 6) is 0.975. The van der Waals surface area contributed by atoms with Gasteiger partial charge in [0.25, 0.3) is 0 Å². The van der Waals surface area contributed by atoms with Gasteiger partial charge < -0.3 is 10.6 Å². The van der Waals surface area contributed by atoms with Crippen LogP contribution >= 0.6 is 35.8 Å². The molecule has 1 heterocycles. The van der Waals surface area contributed by atoms with E-state index in [1.807, 2.05) is 29.4 Å². The number of rotatable bonds is 4. The predicted molar refractivity (Wildman–Crippen MR) is 88.8 cm³/mol. The standard InChI is InChI=1S/C14H19ClN2OS.ClH/c1-19-7-5-13(16)14(18)17-6-4-10-2-3-12(15)8-11(10)9-17;/h2-3,8,13H,4-7,9,16H2,1H3;1H. The van der Waals surface area contributed by atoms with Crippen LogP contribution < -0.4 is 5.73 Å². The van der Waals surface area contributed by atoms with Crippen LogP contribution in [0.5, 0.6) is 0 Å². The maximum atomic E-state index is 12.3. The Morgan fingerprint density at radius 3 is 2.95 bits per heavy atom. The molecular weight excluding hydrogens is 315 g/mol. The van der Waals surface area contributed by atoms with Crippen molar-refractivity contribution >= 4 is 41.7 Å². The molecule has 0 saturated carbocycles. The van der Waals surface area contributed by atoms with Gasteiger partial charge in [-0.15, -0.1) is 12.4 Å². The molecule has 1 amide bonds. The van der Waals surface area contributed by atoms with E-state index in [-0.39, 0.29) is 24.4 Å². The highest BCUT2D eigenvalue weighted by atomic mass is 35.5. The Kier molecular flexibility index (Phi) is 7.17. The topological polar surface area (TPSA) is 46.3 Å². The fourth-order valence-electron chi connectivity index (χ4n) is 2.32. The summed E-state index contributed by atoms with van der Waals surface area (Å²) in [5, 5.41) is 0.722. The highest BCUT2D eigenvalue weighted by molar-refractivity contribution is 7.98. The Bertz CT molecular complexity index is 470. The molecule has 0 bridgehead atoms. The molecule has 1 aliphatic heterocycles. The van der Waals surface area contributed by atoms with Gasteiger partial charge in [-0.2, -0.15) is 11.8 Å². The Hall–Kier alpha value is -0.420. The van der Waals surface area contributed by atoms with E-state index >= 15 is 0 Å². The molecule has 0 radical (unpaired) electrons. The molecule has 2 N–H and O–H groups in total. The number of fused-ring (bicyclic) bond motifs is 1. The lowest BCUT2D eigenvalue weighted by Gasteiger charge is -2.31. The lowest BCUT2D eigenvalue weighted by atomic mass is 9.99. The van der Waals surface area contributed by atoms with Gasteiger partial charge in [-0.1, -0.05) is 17.7 Å². The quantitative estimate of drug-likeness (QED) is 0.920. The molecule has 0 fully saturated rings. The molecular formula is C14H20Cl2N2OS. The summed E-state index contributed by atoms with van der Waals surface area (Å²) in [6.07, 6.45) is 3.64. The third-order valence-corrected chi connectivity index (χ3v) is 4.32. The number of amides is 1. The van der Waals surface area contributed by atoms with Crippen LogP contribution in [0.15, 0.2) is 18.2 Å². The number of halogens is 2. The van der Waals surface area contributed by atoms with Crippen LogP contribution in [-0.2, 0) is 17.8 Å². The van der Waals surface area contributed by atoms with E-state index in [1.54, 1.807) is 11.8 Å².